The minimum absolute atomic E-state index is 0.276. The Morgan fingerprint density at radius 1 is 1.38 bits per heavy atom. The van der Waals surface area contributed by atoms with Gasteiger partial charge in [-0.05, 0) is 0 Å². The molecular weight excluding hydrogens is 236 g/mol. The molecule has 0 aromatic carbocycles. The SMILES string of the molecule is CC(C)(C)C1=NC(=O)NC(=O)C1Br. The number of halogens is 1. The average Bonchev–Trinajstić information content (AvgIpc) is 1.94. The molecule has 1 rings (SSSR count). The highest BCUT2D eigenvalue weighted by atomic mass is 79.9. The number of carbonyl (C=O) groups is 2. The maximum atomic E-state index is 11.2. The largest absolute Gasteiger partial charge is 0.347 e. The number of amides is 3. The first-order valence-corrected chi connectivity index (χ1v) is 4.82. The molecule has 1 heterocycles. The van der Waals surface area contributed by atoms with Crippen LogP contribution >= 0.6 is 15.9 Å². The number of imide groups is 1. The summed E-state index contributed by atoms with van der Waals surface area (Å²) >= 11 is 3.19. The normalized spacial score (nSPS) is 24.0. The molecule has 4 nitrogen and oxygen atoms in total. The lowest BCUT2D eigenvalue weighted by molar-refractivity contribution is -0.118. The van der Waals surface area contributed by atoms with Gasteiger partial charge in [0.2, 0.25) is 5.91 Å². The molecular formula is C8H11BrN2O2. The molecule has 0 saturated heterocycles. The Kier molecular flexibility index (Phi) is 2.56. The van der Waals surface area contributed by atoms with Gasteiger partial charge in [0.25, 0.3) is 0 Å². The van der Waals surface area contributed by atoms with Crippen LogP contribution in [0.25, 0.3) is 0 Å². The first kappa shape index (κ1) is 10.4. The Morgan fingerprint density at radius 2 is 1.92 bits per heavy atom. The Labute approximate surface area is 84.9 Å². The number of alkyl halides is 1. The van der Waals surface area contributed by atoms with Gasteiger partial charge >= 0.3 is 6.03 Å². The van der Waals surface area contributed by atoms with Crippen molar-refractivity contribution in [2.75, 3.05) is 0 Å². The van der Waals surface area contributed by atoms with Gasteiger partial charge < -0.3 is 0 Å². The maximum absolute atomic E-state index is 11.2. The lowest BCUT2D eigenvalue weighted by atomic mass is 9.87. The number of carbonyl (C=O) groups excluding carboxylic acids is 2. The van der Waals surface area contributed by atoms with Crippen LogP contribution in [0.3, 0.4) is 0 Å². The fourth-order valence-electron chi connectivity index (χ4n) is 1.03. The van der Waals surface area contributed by atoms with Crippen molar-refractivity contribution in [1.29, 1.82) is 0 Å². The molecule has 0 aromatic rings. The van der Waals surface area contributed by atoms with Crippen molar-refractivity contribution in [2.24, 2.45) is 10.4 Å². The lowest BCUT2D eigenvalue weighted by Gasteiger charge is -2.27. The van der Waals surface area contributed by atoms with Gasteiger partial charge in [0.15, 0.2) is 0 Å². The number of nitrogens with one attached hydrogen (secondary N) is 1. The van der Waals surface area contributed by atoms with Crippen molar-refractivity contribution < 1.29 is 9.59 Å². The van der Waals surface area contributed by atoms with E-state index >= 15 is 0 Å². The van der Waals surface area contributed by atoms with Crippen LogP contribution < -0.4 is 5.32 Å². The molecule has 0 aliphatic carbocycles. The molecule has 0 fully saturated rings. The summed E-state index contributed by atoms with van der Waals surface area (Å²) in [6.07, 6.45) is 0. The topological polar surface area (TPSA) is 58.5 Å². The molecule has 5 heteroatoms. The summed E-state index contributed by atoms with van der Waals surface area (Å²) in [7, 11) is 0. The van der Waals surface area contributed by atoms with E-state index in [1.807, 2.05) is 20.8 Å². The molecule has 1 atom stereocenters. The van der Waals surface area contributed by atoms with Crippen LogP contribution in [0.15, 0.2) is 4.99 Å². The van der Waals surface area contributed by atoms with E-state index in [0.717, 1.165) is 0 Å². The predicted octanol–water partition coefficient (Wildman–Crippen LogP) is 1.49. The molecule has 13 heavy (non-hydrogen) atoms. The van der Waals surface area contributed by atoms with Crippen LogP contribution in [0.5, 0.6) is 0 Å². The van der Waals surface area contributed by atoms with Crippen molar-refractivity contribution in [3.8, 4) is 0 Å². The minimum Gasteiger partial charge on any atom is -0.275 e. The summed E-state index contributed by atoms with van der Waals surface area (Å²) in [6.45, 7) is 5.73. The van der Waals surface area contributed by atoms with Gasteiger partial charge in [-0.25, -0.2) is 9.79 Å². The average molecular weight is 247 g/mol. The second-order valence-corrected chi connectivity index (χ2v) is 4.82. The second kappa shape index (κ2) is 3.21. The van der Waals surface area contributed by atoms with Crippen molar-refractivity contribution in [3.05, 3.63) is 0 Å². The molecule has 3 amide bonds. The zero-order chi connectivity index (χ0) is 10.2. The van der Waals surface area contributed by atoms with Crippen molar-refractivity contribution >= 4 is 33.6 Å². The van der Waals surface area contributed by atoms with Crippen LogP contribution in [0, 0.1) is 5.41 Å². The van der Waals surface area contributed by atoms with E-state index in [4.69, 9.17) is 0 Å². The number of rotatable bonds is 0. The highest BCUT2D eigenvalue weighted by Gasteiger charge is 2.35. The summed E-state index contributed by atoms with van der Waals surface area (Å²) in [5.74, 6) is -0.343. The van der Waals surface area contributed by atoms with E-state index in [9.17, 15) is 9.59 Å². The number of hydrogen-bond donors (Lipinski definition) is 1. The van der Waals surface area contributed by atoms with Crippen LogP contribution in [-0.4, -0.2) is 22.5 Å². The molecule has 0 radical (unpaired) electrons. The molecule has 0 spiro atoms. The third-order valence-corrected chi connectivity index (χ3v) is 2.54. The van der Waals surface area contributed by atoms with E-state index in [1.165, 1.54) is 0 Å². The van der Waals surface area contributed by atoms with E-state index in [0.29, 0.717) is 5.71 Å². The maximum Gasteiger partial charge on any atom is 0.347 e. The van der Waals surface area contributed by atoms with Gasteiger partial charge in [-0.3, -0.25) is 10.1 Å². The molecule has 0 aromatic heterocycles. The van der Waals surface area contributed by atoms with Crippen molar-refractivity contribution in [1.82, 2.24) is 5.32 Å². The molecule has 72 valence electrons. The molecule has 1 aliphatic heterocycles. The Morgan fingerprint density at radius 3 is 2.38 bits per heavy atom. The van der Waals surface area contributed by atoms with Crippen LogP contribution in [0.2, 0.25) is 0 Å². The molecule has 1 N–H and O–H groups in total. The summed E-state index contributed by atoms with van der Waals surface area (Å²) in [6, 6.07) is -0.578. The first-order chi connectivity index (χ1) is 5.82. The fourth-order valence-corrected chi connectivity index (χ4v) is 1.94. The van der Waals surface area contributed by atoms with Gasteiger partial charge in [0, 0.05) is 5.41 Å². The van der Waals surface area contributed by atoms with Crippen LogP contribution in [-0.2, 0) is 4.79 Å². The monoisotopic (exact) mass is 246 g/mol. The third-order valence-electron chi connectivity index (χ3n) is 1.69. The highest BCUT2D eigenvalue weighted by molar-refractivity contribution is 9.10. The van der Waals surface area contributed by atoms with Crippen molar-refractivity contribution in [2.45, 2.75) is 25.6 Å². The van der Waals surface area contributed by atoms with E-state index in [2.05, 4.69) is 26.2 Å². The first-order valence-electron chi connectivity index (χ1n) is 3.90. The number of urea groups is 1. The van der Waals surface area contributed by atoms with Gasteiger partial charge in [-0.15, -0.1) is 0 Å². The lowest BCUT2D eigenvalue weighted by Crippen LogP contribution is -2.47. The zero-order valence-electron chi connectivity index (χ0n) is 7.72. The van der Waals surface area contributed by atoms with Crippen LogP contribution in [0.1, 0.15) is 20.8 Å². The van der Waals surface area contributed by atoms with Crippen LogP contribution in [0.4, 0.5) is 4.79 Å². The van der Waals surface area contributed by atoms with Gasteiger partial charge in [0.1, 0.15) is 4.83 Å². The third kappa shape index (κ3) is 2.15. The molecule has 1 unspecified atom stereocenters. The van der Waals surface area contributed by atoms with E-state index in [-0.39, 0.29) is 11.3 Å². The highest BCUT2D eigenvalue weighted by Crippen LogP contribution is 2.24. The summed E-state index contributed by atoms with van der Waals surface area (Å²) < 4.78 is 0. The molecule has 0 saturated carbocycles. The van der Waals surface area contributed by atoms with Gasteiger partial charge in [0.05, 0.1) is 5.71 Å². The number of nitrogens with zero attached hydrogens (tertiary/aromatic N) is 1. The van der Waals surface area contributed by atoms with Gasteiger partial charge in [-0.2, -0.15) is 0 Å². The van der Waals surface area contributed by atoms with E-state index in [1.54, 1.807) is 0 Å². The van der Waals surface area contributed by atoms with Crippen molar-refractivity contribution in [3.63, 3.8) is 0 Å². The predicted molar refractivity (Wildman–Crippen MR) is 53.1 cm³/mol. The summed E-state index contributed by atoms with van der Waals surface area (Å²) in [4.78, 5) is 25.4. The Hall–Kier alpha value is -0.710. The fraction of sp³-hybridized carbons (Fsp3) is 0.625. The zero-order valence-corrected chi connectivity index (χ0v) is 9.31. The Balaban J connectivity index is 3.07. The summed E-state index contributed by atoms with van der Waals surface area (Å²) in [5, 5.41) is 2.12. The standard InChI is InChI=1S/C8H11BrN2O2/c1-8(2,3)5-4(9)6(12)11-7(13)10-5/h4H,1-3H3,(H,11,12,13). The number of hydrogen-bond acceptors (Lipinski definition) is 2. The number of aliphatic imine (C=N–C) groups is 1. The smallest absolute Gasteiger partial charge is 0.275 e. The molecule has 1 aliphatic rings. The van der Waals surface area contributed by atoms with Gasteiger partial charge in [-0.1, -0.05) is 36.7 Å². The second-order valence-electron chi connectivity index (χ2n) is 3.90. The Bertz CT molecular complexity index is 291. The minimum atomic E-state index is -0.578. The quantitative estimate of drug-likeness (QED) is 0.659. The van der Waals surface area contributed by atoms with E-state index < -0.39 is 10.9 Å². The molecule has 0 bridgehead atoms. The summed E-state index contributed by atoms with van der Waals surface area (Å²) in [5.41, 5.74) is 0.294.